The van der Waals surface area contributed by atoms with Gasteiger partial charge in [-0.15, -0.1) is 11.3 Å². The molecule has 2 rings (SSSR count). The predicted molar refractivity (Wildman–Crippen MR) is 73.5 cm³/mol. The maximum Gasteiger partial charge on any atom is 0.228 e. The first-order valence-electron chi connectivity index (χ1n) is 5.76. The number of aryl methyl sites for hydroxylation is 1. The molecular formula is C13H15N3OS. The molecule has 5 heteroatoms. The molecule has 0 aromatic carbocycles. The van der Waals surface area contributed by atoms with E-state index >= 15 is 0 Å². The molecule has 1 amide bonds. The fraction of sp³-hybridized carbons (Fsp3) is 0.308. The monoisotopic (exact) mass is 261 g/mol. The summed E-state index contributed by atoms with van der Waals surface area (Å²) in [5.41, 5.74) is 1.02. The third-order valence-electron chi connectivity index (χ3n) is 2.44. The maximum absolute atomic E-state index is 11.6. The summed E-state index contributed by atoms with van der Waals surface area (Å²) < 4.78 is 0. The first-order valence-corrected chi connectivity index (χ1v) is 6.57. The molecule has 2 aromatic rings. The van der Waals surface area contributed by atoms with Gasteiger partial charge < -0.3 is 5.32 Å². The lowest BCUT2D eigenvalue weighted by Gasteiger charge is -2.07. The van der Waals surface area contributed by atoms with E-state index in [4.69, 9.17) is 0 Å². The third kappa shape index (κ3) is 2.92. The van der Waals surface area contributed by atoms with E-state index in [1.165, 1.54) is 0 Å². The zero-order valence-electron chi connectivity index (χ0n) is 10.6. The van der Waals surface area contributed by atoms with Gasteiger partial charge in [-0.1, -0.05) is 13.8 Å². The highest BCUT2D eigenvalue weighted by atomic mass is 32.1. The highest BCUT2D eigenvalue weighted by Crippen LogP contribution is 2.26. The number of thiazole rings is 1. The molecule has 2 heterocycles. The zero-order valence-corrected chi connectivity index (χ0v) is 11.4. The van der Waals surface area contributed by atoms with Gasteiger partial charge in [-0.3, -0.25) is 4.79 Å². The van der Waals surface area contributed by atoms with Crippen molar-refractivity contribution in [2.45, 2.75) is 20.8 Å². The van der Waals surface area contributed by atoms with Gasteiger partial charge in [0.2, 0.25) is 5.91 Å². The highest BCUT2D eigenvalue weighted by Gasteiger charge is 2.09. The molecule has 0 aliphatic heterocycles. The van der Waals surface area contributed by atoms with Crippen LogP contribution in [0, 0.1) is 12.8 Å². The Morgan fingerprint density at radius 1 is 1.39 bits per heavy atom. The largest absolute Gasteiger partial charge is 0.310 e. The van der Waals surface area contributed by atoms with Crippen LogP contribution in [-0.2, 0) is 4.79 Å². The van der Waals surface area contributed by atoms with E-state index in [-0.39, 0.29) is 11.8 Å². The minimum atomic E-state index is -0.0545. The molecular weight excluding hydrogens is 246 g/mol. The molecule has 2 aromatic heterocycles. The van der Waals surface area contributed by atoms with E-state index in [1.807, 2.05) is 39.1 Å². The fourth-order valence-corrected chi connectivity index (χ4v) is 2.19. The Balaban J connectivity index is 2.23. The lowest BCUT2D eigenvalue weighted by atomic mass is 10.2. The number of hydrogen-bond acceptors (Lipinski definition) is 4. The molecule has 0 atom stereocenters. The summed E-state index contributed by atoms with van der Waals surface area (Å²) in [5, 5.41) is 3.82. The van der Waals surface area contributed by atoms with Gasteiger partial charge >= 0.3 is 0 Å². The second kappa shape index (κ2) is 5.27. The van der Waals surface area contributed by atoms with Crippen LogP contribution in [0.15, 0.2) is 24.5 Å². The van der Waals surface area contributed by atoms with Crippen molar-refractivity contribution < 1.29 is 4.79 Å². The zero-order chi connectivity index (χ0) is 13.1. The molecule has 1 N–H and O–H groups in total. The molecule has 0 aliphatic carbocycles. The van der Waals surface area contributed by atoms with Crippen LogP contribution in [0.5, 0.6) is 0 Å². The van der Waals surface area contributed by atoms with Gasteiger partial charge in [0.05, 0.1) is 9.88 Å². The fourth-order valence-electron chi connectivity index (χ4n) is 1.42. The summed E-state index contributed by atoms with van der Waals surface area (Å²) in [6.07, 6.45) is 3.53. The Kier molecular flexibility index (Phi) is 3.72. The number of amides is 1. The molecule has 0 saturated carbocycles. The van der Waals surface area contributed by atoms with E-state index in [1.54, 1.807) is 17.5 Å². The number of carbonyl (C=O) groups is 1. The number of anilines is 1. The first kappa shape index (κ1) is 12.7. The van der Waals surface area contributed by atoms with Crippen molar-refractivity contribution in [2.24, 2.45) is 5.92 Å². The summed E-state index contributed by atoms with van der Waals surface area (Å²) in [7, 11) is 0. The van der Waals surface area contributed by atoms with E-state index < -0.39 is 0 Å². The van der Waals surface area contributed by atoms with E-state index in [0.717, 1.165) is 15.4 Å². The minimum absolute atomic E-state index is 0.0277. The Hall–Kier alpha value is -1.75. The molecule has 0 bridgehead atoms. The summed E-state index contributed by atoms with van der Waals surface area (Å²) in [5.74, 6) is 0.499. The molecule has 4 nitrogen and oxygen atoms in total. The second-order valence-corrected chi connectivity index (χ2v) is 5.55. The van der Waals surface area contributed by atoms with E-state index in [9.17, 15) is 4.79 Å². The summed E-state index contributed by atoms with van der Waals surface area (Å²) >= 11 is 1.62. The van der Waals surface area contributed by atoms with Crippen LogP contribution in [0.2, 0.25) is 0 Å². The SMILES string of the molecule is Cc1ncc(-c2ccnc(NC(=O)C(C)C)c2)s1. The minimum Gasteiger partial charge on any atom is -0.310 e. The standard InChI is InChI=1S/C13H15N3OS/c1-8(2)13(17)16-12-6-10(4-5-14-12)11-7-15-9(3)18-11/h4-8H,1-3H3,(H,14,16,17). The molecule has 0 aliphatic rings. The quantitative estimate of drug-likeness (QED) is 0.923. The molecule has 0 unspecified atom stereocenters. The smallest absolute Gasteiger partial charge is 0.228 e. The summed E-state index contributed by atoms with van der Waals surface area (Å²) in [6.45, 7) is 5.67. The molecule has 0 saturated heterocycles. The van der Waals surface area contributed by atoms with Gasteiger partial charge in [0.1, 0.15) is 5.82 Å². The number of pyridine rings is 1. The van der Waals surface area contributed by atoms with Crippen LogP contribution >= 0.6 is 11.3 Å². The Morgan fingerprint density at radius 2 is 2.17 bits per heavy atom. The van der Waals surface area contributed by atoms with Gasteiger partial charge in [0.25, 0.3) is 0 Å². The predicted octanol–water partition coefficient (Wildman–Crippen LogP) is 3.11. The third-order valence-corrected chi connectivity index (χ3v) is 3.40. The van der Waals surface area contributed by atoms with Crippen molar-refractivity contribution in [3.8, 4) is 10.4 Å². The lowest BCUT2D eigenvalue weighted by Crippen LogP contribution is -2.18. The maximum atomic E-state index is 11.6. The van der Waals surface area contributed by atoms with Crippen molar-refractivity contribution in [2.75, 3.05) is 5.32 Å². The van der Waals surface area contributed by atoms with Gasteiger partial charge in [0.15, 0.2) is 0 Å². The summed E-state index contributed by atoms with van der Waals surface area (Å²) in [6, 6.07) is 3.78. The van der Waals surface area contributed by atoms with Crippen LogP contribution in [0.4, 0.5) is 5.82 Å². The molecule has 0 fully saturated rings. The lowest BCUT2D eigenvalue weighted by molar-refractivity contribution is -0.118. The van der Waals surface area contributed by atoms with Crippen LogP contribution < -0.4 is 5.32 Å². The number of carbonyl (C=O) groups excluding carboxylic acids is 1. The Morgan fingerprint density at radius 3 is 2.78 bits per heavy atom. The number of nitrogens with zero attached hydrogens (tertiary/aromatic N) is 2. The van der Waals surface area contributed by atoms with Crippen molar-refractivity contribution in [1.29, 1.82) is 0 Å². The van der Waals surface area contributed by atoms with Gasteiger partial charge in [-0.25, -0.2) is 9.97 Å². The topological polar surface area (TPSA) is 54.9 Å². The number of hydrogen-bond donors (Lipinski definition) is 1. The van der Waals surface area contributed by atoms with Gasteiger partial charge in [-0.2, -0.15) is 0 Å². The Labute approximate surface area is 110 Å². The van der Waals surface area contributed by atoms with Crippen molar-refractivity contribution in [3.05, 3.63) is 29.5 Å². The molecule has 0 spiro atoms. The van der Waals surface area contributed by atoms with Crippen LogP contribution in [0.3, 0.4) is 0 Å². The number of nitrogens with one attached hydrogen (secondary N) is 1. The van der Waals surface area contributed by atoms with E-state index in [0.29, 0.717) is 5.82 Å². The van der Waals surface area contributed by atoms with E-state index in [2.05, 4.69) is 15.3 Å². The Bertz CT molecular complexity index is 563. The van der Waals surface area contributed by atoms with Gasteiger partial charge in [-0.05, 0) is 24.6 Å². The van der Waals surface area contributed by atoms with Crippen LogP contribution in [0.1, 0.15) is 18.9 Å². The van der Waals surface area contributed by atoms with Crippen molar-refractivity contribution in [3.63, 3.8) is 0 Å². The second-order valence-electron chi connectivity index (χ2n) is 4.32. The van der Waals surface area contributed by atoms with Crippen LogP contribution in [0.25, 0.3) is 10.4 Å². The molecule has 0 radical (unpaired) electrons. The highest BCUT2D eigenvalue weighted by molar-refractivity contribution is 7.15. The normalized spacial score (nSPS) is 10.7. The first-order chi connectivity index (χ1) is 8.56. The number of rotatable bonds is 3. The average molecular weight is 261 g/mol. The molecule has 18 heavy (non-hydrogen) atoms. The summed E-state index contributed by atoms with van der Waals surface area (Å²) in [4.78, 5) is 21.1. The molecule has 94 valence electrons. The average Bonchev–Trinajstić information content (AvgIpc) is 2.76. The van der Waals surface area contributed by atoms with Crippen molar-refractivity contribution in [1.82, 2.24) is 9.97 Å². The van der Waals surface area contributed by atoms with Crippen LogP contribution in [-0.4, -0.2) is 15.9 Å². The van der Waals surface area contributed by atoms with Gasteiger partial charge in [0, 0.05) is 18.3 Å². The van der Waals surface area contributed by atoms with Crippen molar-refractivity contribution >= 4 is 23.1 Å². The number of aromatic nitrogens is 2.